The quantitative estimate of drug-likeness (QED) is 0.211. The molecule has 8 rings (SSSR count). The maximum atomic E-state index is 2.59. The Labute approximate surface area is 225 Å². The molecule has 6 aromatic carbocycles. The molecule has 6 aromatic rings. The first-order valence-electron chi connectivity index (χ1n) is 15.1. The highest BCUT2D eigenvalue weighted by Crippen LogP contribution is 2.46. The van der Waals surface area contributed by atoms with Gasteiger partial charge in [0.05, 0.1) is 0 Å². The maximum absolute atomic E-state index is 2.59. The zero-order valence-electron chi connectivity index (χ0n) is 22.3. The Balaban J connectivity index is 1.54. The second-order valence-electron chi connectivity index (χ2n) is 12.1. The monoisotopic (exact) mass is 492 g/mol. The van der Waals surface area contributed by atoms with E-state index >= 15 is 0 Å². The summed E-state index contributed by atoms with van der Waals surface area (Å²) < 4.78 is 0. The van der Waals surface area contributed by atoms with Crippen LogP contribution in [-0.2, 0) is 0 Å². The zero-order chi connectivity index (χ0) is 25.1. The van der Waals surface area contributed by atoms with Crippen molar-refractivity contribution < 1.29 is 0 Å². The van der Waals surface area contributed by atoms with E-state index in [2.05, 4.69) is 84.9 Å². The van der Waals surface area contributed by atoms with E-state index in [1.54, 1.807) is 11.1 Å². The third kappa shape index (κ3) is 3.49. The van der Waals surface area contributed by atoms with Crippen LogP contribution in [0.5, 0.6) is 0 Å². The molecule has 0 heteroatoms. The summed E-state index contributed by atoms with van der Waals surface area (Å²) in [6.07, 6.45) is 13.7. The first-order valence-corrected chi connectivity index (χ1v) is 15.1. The van der Waals surface area contributed by atoms with Crippen molar-refractivity contribution in [3.63, 3.8) is 0 Å². The number of benzene rings is 6. The summed E-state index contributed by atoms with van der Waals surface area (Å²) in [6, 6.07) is 33.3. The van der Waals surface area contributed by atoms with Crippen molar-refractivity contribution in [2.45, 2.75) is 76.0 Å². The molecule has 2 aliphatic rings. The van der Waals surface area contributed by atoms with Gasteiger partial charge < -0.3 is 0 Å². The van der Waals surface area contributed by atoms with Crippen LogP contribution in [-0.4, -0.2) is 0 Å². The topological polar surface area (TPSA) is 0 Å². The Morgan fingerprint density at radius 2 is 0.711 bits per heavy atom. The molecule has 0 aliphatic heterocycles. The third-order valence-electron chi connectivity index (χ3n) is 10.0. The third-order valence-corrected chi connectivity index (χ3v) is 10.0. The minimum atomic E-state index is 0.708. The van der Waals surface area contributed by atoms with E-state index < -0.39 is 0 Å². The second kappa shape index (κ2) is 9.12. The van der Waals surface area contributed by atoms with Gasteiger partial charge in [0.25, 0.3) is 0 Å². The van der Waals surface area contributed by atoms with E-state index in [0.717, 1.165) is 0 Å². The molecule has 0 bridgehead atoms. The summed E-state index contributed by atoms with van der Waals surface area (Å²) >= 11 is 0. The van der Waals surface area contributed by atoms with Gasteiger partial charge in [-0.05, 0) is 103 Å². The standard InChI is InChI=1S/C38H36/c1-3-11-25(12-4-1)27-19-21-31-29-15-7-10-18-34(29)38-36-24-28(26-13-5-2-6-14-26)20-22-32(36)30-16-8-9-17-33(30)37(38)35(31)23-27/h7-10,15-26H,1-6,11-14H2. The zero-order valence-corrected chi connectivity index (χ0v) is 22.3. The van der Waals surface area contributed by atoms with Gasteiger partial charge in [0, 0.05) is 0 Å². The Morgan fingerprint density at radius 3 is 1.13 bits per heavy atom. The maximum Gasteiger partial charge on any atom is -0.00138 e. The van der Waals surface area contributed by atoms with Crippen LogP contribution >= 0.6 is 0 Å². The predicted octanol–water partition coefficient (Wildman–Crippen LogP) is 11.5. The number of hydrogen-bond acceptors (Lipinski definition) is 0. The molecule has 0 unspecified atom stereocenters. The molecule has 0 amide bonds. The van der Waals surface area contributed by atoms with Gasteiger partial charge in [-0.2, -0.15) is 0 Å². The fourth-order valence-corrected chi connectivity index (χ4v) is 8.09. The van der Waals surface area contributed by atoms with Crippen LogP contribution in [0.1, 0.15) is 87.2 Å². The summed E-state index contributed by atoms with van der Waals surface area (Å²) in [5.74, 6) is 1.42. The predicted molar refractivity (Wildman–Crippen MR) is 166 cm³/mol. The molecule has 38 heavy (non-hydrogen) atoms. The fourth-order valence-electron chi connectivity index (χ4n) is 8.09. The van der Waals surface area contributed by atoms with Crippen molar-refractivity contribution in [3.8, 4) is 0 Å². The van der Waals surface area contributed by atoms with Gasteiger partial charge in [0.1, 0.15) is 0 Å². The van der Waals surface area contributed by atoms with Gasteiger partial charge in [-0.1, -0.05) is 123 Å². The van der Waals surface area contributed by atoms with E-state index in [4.69, 9.17) is 0 Å². The van der Waals surface area contributed by atoms with Crippen molar-refractivity contribution in [1.82, 2.24) is 0 Å². The summed E-state index contributed by atoms with van der Waals surface area (Å²) in [7, 11) is 0. The smallest absolute Gasteiger partial charge is 0.00138 e. The molecule has 2 fully saturated rings. The summed E-state index contributed by atoms with van der Waals surface area (Å²) in [6.45, 7) is 0. The SMILES string of the molecule is c1ccc2c(c1)c1ccc(C3CCCCC3)cc1c1c3ccccc3c3ccc(C4CCCCC4)cc3c21. The average molecular weight is 493 g/mol. The Bertz CT molecular complexity index is 1690. The molecule has 0 aromatic heterocycles. The van der Waals surface area contributed by atoms with Crippen LogP contribution in [0.4, 0.5) is 0 Å². The Kier molecular flexibility index (Phi) is 5.42. The molecule has 188 valence electrons. The van der Waals surface area contributed by atoms with Crippen molar-refractivity contribution in [3.05, 3.63) is 96.1 Å². The lowest BCUT2D eigenvalue weighted by molar-refractivity contribution is 0.444. The summed E-state index contributed by atoms with van der Waals surface area (Å²) in [5.41, 5.74) is 3.10. The van der Waals surface area contributed by atoms with Crippen molar-refractivity contribution in [2.24, 2.45) is 0 Å². The van der Waals surface area contributed by atoms with Crippen LogP contribution in [0.3, 0.4) is 0 Å². The highest BCUT2D eigenvalue weighted by molar-refractivity contribution is 6.39. The van der Waals surface area contributed by atoms with E-state index in [0.29, 0.717) is 11.8 Å². The molecule has 2 saturated carbocycles. The number of fused-ring (bicyclic) bond motifs is 11. The van der Waals surface area contributed by atoms with Gasteiger partial charge in [-0.15, -0.1) is 0 Å². The first-order chi connectivity index (χ1) is 18.9. The van der Waals surface area contributed by atoms with Crippen molar-refractivity contribution >= 4 is 53.9 Å². The van der Waals surface area contributed by atoms with Gasteiger partial charge in [-0.3, -0.25) is 0 Å². The van der Waals surface area contributed by atoms with E-state index in [1.807, 2.05) is 0 Å². The van der Waals surface area contributed by atoms with Gasteiger partial charge in [0.2, 0.25) is 0 Å². The van der Waals surface area contributed by atoms with E-state index in [-0.39, 0.29) is 0 Å². The Hall–Kier alpha value is -3.38. The molecular formula is C38H36. The largest absolute Gasteiger partial charge is 0.0616 e. The number of rotatable bonds is 2. The Morgan fingerprint density at radius 1 is 0.342 bits per heavy atom. The first kappa shape index (κ1) is 22.6. The highest BCUT2D eigenvalue weighted by Gasteiger charge is 2.21. The number of hydrogen-bond donors (Lipinski definition) is 0. The fraction of sp³-hybridized carbons (Fsp3) is 0.316. The molecule has 0 saturated heterocycles. The molecule has 0 nitrogen and oxygen atoms in total. The molecule has 0 atom stereocenters. The van der Waals surface area contributed by atoms with Crippen LogP contribution < -0.4 is 0 Å². The summed E-state index contributed by atoms with van der Waals surface area (Å²) in [5, 5.41) is 14.2. The van der Waals surface area contributed by atoms with Crippen LogP contribution in [0.15, 0.2) is 84.9 Å². The molecular weight excluding hydrogens is 456 g/mol. The van der Waals surface area contributed by atoms with Gasteiger partial charge in [-0.25, -0.2) is 0 Å². The lowest BCUT2D eigenvalue weighted by atomic mass is 9.80. The van der Waals surface area contributed by atoms with Crippen molar-refractivity contribution in [1.29, 1.82) is 0 Å². The van der Waals surface area contributed by atoms with Crippen LogP contribution in [0, 0.1) is 0 Å². The molecule has 0 radical (unpaired) electrons. The molecule has 2 aliphatic carbocycles. The van der Waals surface area contributed by atoms with Crippen LogP contribution in [0.2, 0.25) is 0 Å². The summed E-state index contributed by atoms with van der Waals surface area (Å²) in [4.78, 5) is 0. The highest BCUT2D eigenvalue weighted by atomic mass is 14.3. The molecule has 0 spiro atoms. The minimum absolute atomic E-state index is 0.708. The average Bonchev–Trinajstić information content (AvgIpc) is 3.01. The van der Waals surface area contributed by atoms with Gasteiger partial charge in [0.15, 0.2) is 0 Å². The van der Waals surface area contributed by atoms with E-state index in [9.17, 15) is 0 Å². The normalized spacial score (nSPS) is 17.8. The van der Waals surface area contributed by atoms with Crippen LogP contribution in [0.25, 0.3) is 53.9 Å². The molecule has 0 N–H and O–H groups in total. The van der Waals surface area contributed by atoms with E-state index in [1.165, 1.54) is 118 Å². The lowest BCUT2D eigenvalue weighted by Crippen LogP contribution is -2.04. The van der Waals surface area contributed by atoms with Gasteiger partial charge >= 0.3 is 0 Å². The minimum Gasteiger partial charge on any atom is -0.0616 e. The molecule has 0 heterocycles. The lowest BCUT2D eigenvalue weighted by Gasteiger charge is -2.24. The van der Waals surface area contributed by atoms with Crippen molar-refractivity contribution in [2.75, 3.05) is 0 Å². The second-order valence-corrected chi connectivity index (χ2v) is 12.1.